The summed E-state index contributed by atoms with van der Waals surface area (Å²) in [7, 11) is 0. The van der Waals surface area contributed by atoms with Crippen molar-refractivity contribution in [3.8, 4) is 22.3 Å². The molecule has 0 aromatic heterocycles. The van der Waals surface area contributed by atoms with Gasteiger partial charge in [0.05, 0.1) is 5.69 Å². The van der Waals surface area contributed by atoms with Gasteiger partial charge in [0.1, 0.15) is 0 Å². The quantitative estimate of drug-likeness (QED) is 0.174. The Labute approximate surface area is 292 Å². The van der Waals surface area contributed by atoms with Crippen molar-refractivity contribution < 1.29 is 0 Å². The molecule has 0 amide bonds. The highest BCUT2D eigenvalue weighted by atomic mass is 15.1. The third kappa shape index (κ3) is 4.20. The molecule has 0 fully saturated rings. The van der Waals surface area contributed by atoms with Crippen molar-refractivity contribution in [3.63, 3.8) is 0 Å². The van der Waals surface area contributed by atoms with Gasteiger partial charge < -0.3 is 4.90 Å². The summed E-state index contributed by atoms with van der Waals surface area (Å²) in [5.74, 6) is 0. The van der Waals surface area contributed by atoms with E-state index in [1.54, 1.807) is 0 Å². The topological polar surface area (TPSA) is 3.24 Å². The van der Waals surface area contributed by atoms with Crippen molar-refractivity contribution >= 4 is 60.2 Å². The Morgan fingerprint density at radius 1 is 0.380 bits per heavy atom. The number of hydrogen-bond acceptors (Lipinski definition) is 1. The summed E-state index contributed by atoms with van der Waals surface area (Å²) in [5.41, 5.74) is 11.3. The number of anilines is 3. The Bertz CT molecular complexity index is 2740. The molecule has 0 spiro atoms. The maximum atomic E-state index is 2.44. The van der Waals surface area contributed by atoms with Gasteiger partial charge in [0, 0.05) is 22.2 Å². The van der Waals surface area contributed by atoms with Crippen molar-refractivity contribution in [2.24, 2.45) is 0 Å². The summed E-state index contributed by atoms with van der Waals surface area (Å²) in [5, 5.41) is 10.2. The zero-order chi connectivity index (χ0) is 33.4. The summed E-state index contributed by atoms with van der Waals surface area (Å²) in [6.45, 7) is 4.71. The Morgan fingerprint density at radius 2 is 0.900 bits per heavy atom. The van der Waals surface area contributed by atoms with E-state index in [4.69, 9.17) is 0 Å². The SMILES string of the molecule is CC1(C)c2ccccc2-c2ccc(N(c3ccc(-c4cccc5c6ccccc6c6ccccc6c45)cc3)c3cccc4ccccc34)cc21. The van der Waals surface area contributed by atoms with E-state index in [0.717, 1.165) is 11.4 Å². The molecular weight excluding hydrogens is 603 g/mol. The molecule has 1 nitrogen and oxygen atoms in total. The van der Waals surface area contributed by atoms with Crippen molar-refractivity contribution in [1.29, 1.82) is 0 Å². The second-order valence-corrected chi connectivity index (χ2v) is 14.1. The molecule has 0 N–H and O–H groups in total. The van der Waals surface area contributed by atoms with E-state index in [1.807, 2.05) is 0 Å². The van der Waals surface area contributed by atoms with Gasteiger partial charge >= 0.3 is 0 Å². The fraction of sp³-hybridized carbons (Fsp3) is 0.0612. The summed E-state index contributed by atoms with van der Waals surface area (Å²) < 4.78 is 0. The van der Waals surface area contributed by atoms with Gasteiger partial charge in [-0.2, -0.15) is 0 Å². The van der Waals surface area contributed by atoms with E-state index in [1.165, 1.54) is 82.2 Å². The zero-order valence-corrected chi connectivity index (χ0v) is 28.2. The lowest BCUT2D eigenvalue weighted by molar-refractivity contribution is 0.660. The van der Waals surface area contributed by atoms with Crippen molar-refractivity contribution in [1.82, 2.24) is 0 Å². The largest absolute Gasteiger partial charge is 0.310 e. The minimum absolute atomic E-state index is 0.0858. The van der Waals surface area contributed by atoms with Crippen LogP contribution in [0.1, 0.15) is 25.0 Å². The smallest absolute Gasteiger partial charge is 0.0540 e. The molecule has 1 heteroatoms. The first kappa shape index (κ1) is 28.8. The molecule has 10 rings (SSSR count). The number of rotatable bonds is 4. The van der Waals surface area contributed by atoms with Gasteiger partial charge in [-0.1, -0.05) is 159 Å². The standard InChI is InChI=1S/C49H35N/c1-49(2)45-23-10-9-19-41(45)42-30-29-35(31-46(42)49)50(47-24-11-14-32-13-3-4-15-36(32)47)34-27-25-33(26-28-34)37-21-12-22-44-40-17-6-5-16-38(40)39-18-7-8-20-43(39)48(37)44/h3-31H,1-2H3. The molecule has 0 saturated heterocycles. The number of fused-ring (bicyclic) bond motifs is 10. The second-order valence-electron chi connectivity index (χ2n) is 14.1. The van der Waals surface area contributed by atoms with Gasteiger partial charge in [-0.25, -0.2) is 0 Å². The predicted molar refractivity (Wildman–Crippen MR) is 214 cm³/mol. The van der Waals surface area contributed by atoms with E-state index in [-0.39, 0.29) is 5.41 Å². The van der Waals surface area contributed by atoms with Gasteiger partial charge in [0.15, 0.2) is 0 Å². The molecule has 9 aromatic rings. The van der Waals surface area contributed by atoms with Crippen molar-refractivity contribution in [3.05, 3.63) is 187 Å². The lowest BCUT2D eigenvalue weighted by Gasteiger charge is -2.29. The third-order valence-electron chi connectivity index (χ3n) is 11.0. The molecular formula is C49H35N. The minimum Gasteiger partial charge on any atom is -0.310 e. The maximum absolute atomic E-state index is 2.44. The van der Waals surface area contributed by atoms with Crippen LogP contribution < -0.4 is 4.90 Å². The van der Waals surface area contributed by atoms with Gasteiger partial charge in [0.25, 0.3) is 0 Å². The predicted octanol–water partition coefficient (Wildman–Crippen LogP) is 13.7. The second kappa shape index (κ2) is 10.9. The highest BCUT2D eigenvalue weighted by Crippen LogP contribution is 2.51. The summed E-state index contributed by atoms with van der Waals surface area (Å²) in [4.78, 5) is 2.44. The van der Waals surface area contributed by atoms with Crippen LogP contribution in [0.15, 0.2) is 176 Å². The Morgan fingerprint density at radius 3 is 1.66 bits per heavy atom. The Hall–Kier alpha value is -6.18. The fourth-order valence-electron chi connectivity index (χ4n) is 8.65. The van der Waals surface area contributed by atoms with E-state index in [9.17, 15) is 0 Å². The first-order valence-electron chi connectivity index (χ1n) is 17.5. The average molecular weight is 638 g/mol. The molecule has 1 aliphatic carbocycles. The fourth-order valence-corrected chi connectivity index (χ4v) is 8.65. The normalized spacial score (nSPS) is 13.2. The molecule has 50 heavy (non-hydrogen) atoms. The van der Waals surface area contributed by atoms with Crippen LogP contribution in [0.5, 0.6) is 0 Å². The van der Waals surface area contributed by atoms with E-state index < -0.39 is 0 Å². The molecule has 236 valence electrons. The van der Waals surface area contributed by atoms with Crippen molar-refractivity contribution in [2.45, 2.75) is 19.3 Å². The summed E-state index contributed by atoms with van der Waals surface area (Å²) >= 11 is 0. The highest BCUT2D eigenvalue weighted by Gasteiger charge is 2.35. The number of nitrogens with zero attached hydrogens (tertiary/aromatic N) is 1. The molecule has 0 saturated carbocycles. The van der Waals surface area contributed by atoms with Crippen LogP contribution in [-0.4, -0.2) is 0 Å². The maximum Gasteiger partial charge on any atom is 0.0540 e. The monoisotopic (exact) mass is 637 g/mol. The van der Waals surface area contributed by atoms with Gasteiger partial charge in [0.2, 0.25) is 0 Å². The Kier molecular flexibility index (Phi) is 6.29. The van der Waals surface area contributed by atoms with E-state index in [2.05, 4.69) is 195 Å². The van der Waals surface area contributed by atoms with Gasteiger partial charge in [-0.15, -0.1) is 0 Å². The number of benzene rings is 9. The molecule has 9 aromatic carbocycles. The molecule has 0 heterocycles. The van der Waals surface area contributed by atoms with Crippen LogP contribution in [0.2, 0.25) is 0 Å². The Balaban J connectivity index is 1.17. The van der Waals surface area contributed by atoms with Crippen LogP contribution in [0.25, 0.3) is 65.3 Å². The zero-order valence-electron chi connectivity index (χ0n) is 28.2. The van der Waals surface area contributed by atoms with E-state index in [0.29, 0.717) is 0 Å². The molecule has 0 aliphatic heterocycles. The van der Waals surface area contributed by atoms with Crippen LogP contribution in [0.4, 0.5) is 17.1 Å². The first-order chi connectivity index (χ1) is 24.6. The summed E-state index contributed by atoms with van der Waals surface area (Å²) in [6.07, 6.45) is 0. The van der Waals surface area contributed by atoms with Gasteiger partial charge in [-0.3, -0.25) is 0 Å². The van der Waals surface area contributed by atoms with Crippen molar-refractivity contribution in [2.75, 3.05) is 4.90 Å². The average Bonchev–Trinajstić information content (AvgIpc) is 3.40. The molecule has 0 unspecified atom stereocenters. The first-order valence-corrected chi connectivity index (χ1v) is 17.5. The van der Waals surface area contributed by atoms with Crippen LogP contribution in [0.3, 0.4) is 0 Å². The third-order valence-corrected chi connectivity index (χ3v) is 11.0. The highest BCUT2D eigenvalue weighted by molar-refractivity contribution is 6.28. The minimum atomic E-state index is -0.0858. The lowest BCUT2D eigenvalue weighted by Crippen LogP contribution is -2.16. The number of hydrogen-bond donors (Lipinski definition) is 0. The molecule has 0 atom stereocenters. The van der Waals surface area contributed by atoms with E-state index >= 15 is 0 Å². The van der Waals surface area contributed by atoms with Crippen LogP contribution in [-0.2, 0) is 5.41 Å². The lowest BCUT2D eigenvalue weighted by atomic mass is 9.82. The van der Waals surface area contributed by atoms with Crippen LogP contribution >= 0.6 is 0 Å². The molecule has 0 radical (unpaired) electrons. The van der Waals surface area contributed by atoms with Crippen LogP contribution in [0, 0.1) is 0 Å². The van der Waals surface area contributed by atoms with Gasteiger partial charge in [-0.05, 0) is 101 Å². The molecule has 0 bridgehead atoms. The molecule has 1 aliphatic rings. The summed E-state index contributed by atoms with van der Waals surface area (Å²) in [6, 6.07) is 64.9.